The first-order chi connectivity index (χ1) is 13.1. The Morgan fingerprint density at radius 2 is 2.00 bits per heavy atom. The van der Waals surface area contributed by atoms with Crippen LogP contribution in [0.1, 0.15) is 29.4 Å². The molecule has 0 unspecified atom stereocenters. The topological polar surface area (TPSA) is 64.8 Å². The number of fused-ring (bicyclic) bond motifs is 1. The van der Waals surface area contributed by atoms with Gasteiger partial charge in [0, 0.05) is 18.0 Å². The van der Waals surface area contributed by atoms with E-state index < -0.39 is 0 Å². The minimum absolute atomic E-state index is 0.264. The molecule has 140 valence electrons. The molecule has 0 aliphatic heterocycles. The number of aromatic nitrogens is 1. The van der Waals surface area contributed by atoms with Crippen molar-refractivity contribution in [3.63, 3.8) is 0 Å². The zero-order valence-electron chi connectivity index (χ0n) is 15.7. The maximum Gasteiger partial charge on any atom is 0.287 e. The molecule has 1 aromatic heterocycles. The smallest absolute Gasteiger partial charge is 0.287 e. The van der Waals surface area contributed by atoms with Crippen LogP contribution in [0.2, 0.25) is 0 Å². The van der Waals surface area contributed by atoms with Gasteiger partial charge in [0.05, 0.1) is 19.9 Å². The molecule has 1 heterocycles. The highest BCUT2D eigenvalue weighted by molar-refractivity contribution is 5.99. The molecular formula is C21H23N3O3. The minimum atomic E-state index is -0.264. The molecule has 1 amide bonds. The molecule has 3 aromatic rings. The first kappa shape index (κ1) is 18.5. The Hall–Kier alpha value is -3.28. The third-order valence-corrected chi connectivity index (χ3v) is 4.21. The molecule has 6 nitrogen and oxygen atoms in total. The van der Waals surface area contributed by atoms with E-state index in [1.54, 1.807) is 13.3 Å². The standard InChI is InChI=1S/C21H23N3O3/c1-4-11-27-19-10-9-15(12-20(19)26-3)14-22-23-21(25)18-13-16-7-5-6-8-17(16)24(18)2/h5-10,12-14H,4,11H2,1-3H3,(H,23,25)/b22-14+. The van der Waals surface area contributed by atoms with Gasteiger partial charge in [-0.1, -0.05) is 25.1 Å². The lowest BCUT2D eigenvalue weighted by Gasteiger charge is -2.10. The van der Waals surface area contributed by atoms with Gasteiger partial charge in [-0.25, -0.2) is 5.43 Å². The largest absolute Gasteiger partial charge is 0.493 e. The van der Waals surface area contributed by atoms with Crippen LogP contribution in [0.4, 0.5) is 0 Å². The zero-order chi connectivity index (χ0) is 19.2. The Balaban J connectivity index is 1.71. The number of amides is 1. The van der Waals surface area contributed by atoms with Crippen molar-refractivity contribution in [1.82, 2.24) is 9.99 Å². The lowest BCUT2D eigenvalue weighted by molar-refractivity contribution is 0.0947. The van der Waals surface area contributed by atoms with Crippen LogP contribution in [0.5, 0.6) is 11.5 Å². The predicted molar refractivity (Wildman–Crippen MR) is 107 cm³/mol. The summed E-state index contributed by atoms with van der Waals surface area (Å²) in [5, 5.41) is 5.08. The number of hydrogen-bond acceptors (Lipinski definition) is 4. The monoisotopic (exact) mass is 365 g/mol. The molecule has 0 fully saturated rings. The fraction of sp³-hybridized carbons (Fsp3) is 0.238. The summed E-state index contributed by atoms with van der Waals surface area (Å²) in [6.07, 6.45) is 2.50. The molecule has 6 heteroatoms. The van der Waals surface area contributed by atoms with Crippen LogP contribution in [0, 0.1) is 0 Å². The molecule has 0 radical (unpaired) electrons. The molecule has 1 N–H and O–H groups in total. The highest BCUT2D eigenvalue weighted by atomic mass is 16.5. The van der Waals surface area contributed by atoms with E-state index in [1.807, 2.05) is 67.1 Å². The molecule has 0 saturated heterocycles. The number of rotatable bonds is 7. The maximum absolute atomic E-state index is 12.4. The molecule has 0 aliphatic carbocycles. The number of carbonyl (C=O) groups excluding carboxylic acids is 1. The number of benzene rings is 2. The van der Waals surface area contributed by atoms with E-state index >= 15 is 0 Å². The van der Waals surface area contributed by atoms with E-state index in [9.17, 15) is 4.79 Å². The highest BCUT2D eigenvalue weighted by Crippen LogP contribution is 2.27. The summed E-state index contributed by atoms with van der Waals surface area (Å²) in [6.45, 7) is 2.68. The quantitative estimate of drug-likeness (QED) is 0.512. The Morgan fingerprint density at radius 1 is 1.19 bits per heavy atom. The molecular weight excluding hydrogens is 342 g/mol. The van der Waals surface area contributed by atoms with Crippen molar-refractivity contribution in [3.05, 3.63) is 59.8 Å². The van der Waals surface area contributed by atoms with E-state index in [-0.39, 0.29) is 5.91 Å². The number of nitrogens with zero attached hydrogens (tertiary/aromatic N) is 2. The summed E-state index contributed by atoms with van der Waals surface area (Å²) in [4.78, 5) is 12.4. The molecule has 0 aliphatic rings. The van der Waals surface area contributed by atoms with Gasteiger partial charge in [-0.2, -0.15) is 5.10 Å². The van der Waals surface area contributed by atoms with Gasteiger partial charge in [0.1, 0.15) is 5.69 Å². The lowest BCUT2D eigenvalue weighted by Crippen LogP contribution is -2.20. The second-order valence-electron chi connectivity index (χ2n) is 6.11. The molecule has 0 saturated carbocycles. The first-order valence-corrected chi connectivity index (χ1v) is 8.82. The third kappa shape index (κ3) is 4.11. The van der Waals surface area contributed by atoms with Gasteiger partial charge in [-0.05, 0) is 42.3 Å². The Morgan fingerprint density at radius 3 is 2.74 bits per heavy atom. The predicted octanol–water partition coefficient (Wildman–Crippen LogP) is 3.74. The van der Waals surface area contributed by atoms with E-state index in [4.69, 9.17) is 9.47 Å². The van der Waals surface area contributed by atoms with Gasteiger partial charge < -0.3 is 14.0 Å². The van der Waals surface area contributed by atoms with E-state index in [0.29, 0.717) is 23.8 Å². The van der Waals surface area contributed by atoms with Crippen LogP contribution in [-0.4, -0.2) is 30.4 Å². The summed E-state index contributed by atoms with van der Waals surface area (Å²) in [6, 6.07) is 15.2. The van der Waals surface area contributed by atoms with Crippen molar-refractivity contribution in [2.45, 2.75) is 13.3 Å². The summed E-state index contributed by atoms with van der Waals surface area (Å²) >= 11 is 0. The number of hydrogen-bond donors (Lipinski definition) is 1. The average Bonchev–Trinajstić information content (AvgIpc) is 3.03. The average molecular weight is 365 g/mol. The number of methoxy groups -OCH3 is 1. The van der Waals surface area contributed by atoms with E-state index in [2.05, 4.69) is 10.5 Å². The Labute approximate surface area is 158 Å². The number of aryl methyl sites for hydroxylation is 1. The van der Waals surface area contributed by atoms with Crippen LogP contribution in [-0.2, 0) is 7.05 Å². The second kappa shape index (κ2) is 8.40. The van der Waals surface area contributed by atoms with Crippen molar-refractivity contribution in [3.8, 4) is 11.5 Å². The third-order valence-electron chi connectivity index (χ3n) is 4.21. The van der Waals surface area contributed by atoms with Gasteiger partial charge in [0.25, 0.3) is 5.91 Å². The fourth-order valence-corrected chi connectivity index (χ4v) is 2.83. The lowest BCUT2D eigenvalue weighted by atomic mass is 10.2. The molecule has 0 bridgehead atoms. The summed E-state index contributed by atoms with van der Waals surface area (Å²) in [7, 11) is 3.46. The summed E-state index contributed by atoms with van der Waals surface area (Å²) < 4.78 is 12.8. The number of ether oxygens (including phenoxy) is 2. The van der Waals surface area contributed by atoms with Gasteiger partial charge >= 0.3 is 0 Å². The Bertz CT molecular complexity index is 976. The van der Waals surface area contributed by atoms with Gasteiger partial charge in [-0.15, -0.1) is 0 Å². The van der Waals surface area contributed by atoms with Gasteiger partial charge in [0.15, 0.2) is 11.5 Å². The van der Waals surface area contributed by atoms with Crippen LogP contribution >= 0.6 is 0 Å². The van der Waals surface area contributed by atoms with Crippen LogP contribution in [0.3, 0.4) is 0 Å². The van der Waals surface area contributed by atoms with Gasteiger partial charge in [0.2, 0.25) is 0 Å². The molecule has 0 atom stereocenters. The number of hydrazone groups is 1. The van der Waals surface area contributed by atoms with Crippen LogP contribution < -0.4 is 14.9 Å². The normalized spacial score (nSPS) is 11.1. The van der Waals surface area contributed by atoms with Crippen molar-refractivity contribution in [2.24, 2.45) is 12.1 Å². The molecule has 3 rings (SSSR count). The Kier molecular flexibility index (Phi) is 5.76. The summed E-state index contributed by atoms with van der Waals surface area (Å²) in [5.74, 6) is 1.06. The summed E-state index contributed by atoms with van der Waals surface area (Å²) in [5.41, 5.74) is 4.92. The van der Waals surface area contributed by atoms with Crippen molar-refractivity contribution < 1.29 is 14.3 Å². The van der Waals surface area contributed by atoms with Gasteiger partial charge in [-0.3, -0.25) is 4.79 Å². The van der Waals surface area contributed by atoms with Crippen LogP contribution in [0.25, 0.3) is 10.9 Å². The van der Waals surface area contributed by atoms with Crippen molar-refractivity contribution in [2.75, 3.05) is 13.7 Å². The van der Waals surface area contributed by atoms with Crippen molar-refractivity contribution in [1.29, 1.82) is 0 Å². The van der Waals surface area contributed by atoms with E-state index in [0.717, 1.165) is 22.9 Å². The fourth-order valence-electron chi connectivity index (χ4n) is 2.83. The molecule has 27 heavy (non-hydrogen) atoms. The minimum Gasteiger partial charge on any atom is -0.493 e. The number of carbonyl (C=O) groups is 1. The first-order valence-electron chi connectivity index (χ1n) is 8.82. The van der Waals surface area contributed by atoms with Crippen molar-refractivity contribution >= 4 is 23.0 Å². The second-order valence-corrected chi connectivity index (χ2v) is 6.11. The SMILES string of the molecule is CCCOc1ccc(/C=N/NC(=O)c2cc3ccccc3n2C)cc1OC. The number of para-hydroxylation sites is 1. The molecule has 0 spiro atoms. The maximum atomic E-state index is 12.4. The highest BCUT2D eigenvalue weighted by Gasteiger charge is 2.12. The number of nitrogens with one attached hydrogen (secondary N) is 1. The molecule has 2 aromatic carbocycles. The van der Waals surface area contributed by atoms with Crippen LogP contribution in [0.15, 0.2) is 53.6 Å². The zero-order valence-corrected chi connectivity index (χ0v) is 15.7. The van der Waals surface area contributed by atoms with E-state index in [1.165, 1.54) is 0 Å².